The lowest BCUT2D eigenvalue weighted by atomic mass is 9.91. The highest BCUT2D eigenvalue weighted by Gasteiger charge is 2.27. The number of piperidine rings is 1. The van der Waals surface area contributed by atoms with Gasteiger partial charge in [-0.3, -0.25) is 9.59 Å². The molecule has 1 atom stereocenters. The lowest BCUT2D eigenvalue weighted by molar-refractivity contribution is -0.135. The third-order valence-electron chi connectivity index (χ3n) is 3.76. The fourth-order valence-corrected chi connectivity index (χ4v) is 2.55. The van der Waals surface area contributed by atoms with Crippen molar-refractivity contribution in [3.8, 4) is 0 Å². The van der Waals surface area contributed by atoms with Gasteiger partial charge in [-0.05, 0) is 32.1 Å². The van der Waals surface area contributed by atoms with Crippen LogP contribution in [0.15, 0.2) is 12.7 Å². The molecule has 108 valence electrons. The fourth-order valence-electron chi connectivity index (χ4n) is 2.55. The molecular formula is C16H27NO2. The van der Waals surface area contributed by atoms with E-state index < -0.39 is 0 Å². The van der Waals surface area contributed by atoms with Crippen LogP contribution in [0, 0.1) is 5.92 Å². The molecule has 1 amide bonds. The number of carbonyl (C=O) groups is 2. The Morgan fingerprint density at radius 1 is 1.21 bits per heavy atom. The minimum atomic E-state index is -0.360. The van der Waals surface area contributed by atoms with Gasteiger partial charge in [0.1, 0.15) is 5.78 Å². The molecule has 1 aliphatic heterocycles. The molecule has 3 nitrogen and oxygen atoms in total. The van der Waals surface area contributed by atoms with E-state index in [9.17, 15) is 9.59 Å². The maximum absolute atomic E-state index is 11.9. The van der Waals surface area contributed by atoms with E-state index in [2.05, 4.69) is 11.9 Å². The second kappa shape index (κ2) is 9.76. The van der Waals surface area contributed by atoms with Gasteiger partial charge in [0.15, 0.2) is 0 Å². The highest BCUT2D eigenvalue weighted by atomic mass is 16.2. The van der Waals surface area contributed by atoms with Gasteiger partial charge >= 0.3 is 0 Å². The highest BCUT2D eigenvalue weighted by molar-refractivity contribution is 6.01. The Labute approximate surface area is 116 Å². The number of nitrogens with one attached hydrogen (secondary N) is 1. The molecule has 0 saturated carbocycles. The summed E-state index contributed by atoms with van der Waals surface area (Å²) < 4.78 is 0. The van der Waals surface area contributed by atoms with E-state index >= 15 is 0 Å². The second-order valence-electron chi connectivity index (χ2n) is 5.40. The molecule has 0 aliphatic carbocycles. The molecule has 1 heterocycles. The normalized spacial score (nSPS) is 18.9. The molecule has 0 aromatic heterocycles. The molecule has 0 spiro atoms. The van der Waals surface area contributed by atoms with Crippen LogP contribution in [0.5, 0.6) is 0 Å². The first-order valence-electron chi connectivity index (χ1n) is 7.67. The lowest BCUT2D eigenvalue weighted by Gasteiger charge is -2.20. The SMILES string of the molecule is C=CCCCCCCCCC(=O)[C@@H]1CCCNC1=O. The molecule has 1 aliphatic rings. The number of hydrogen-bond donors (Lipinski definition) is 1. The first-order chi connectivity index (χ1) is 9.25. The van der Waals surface area contributed by atoms with Gasteiger partial charge in [-0.15, -0.1) is 6.58 Å². The lowest BCUT2D eigenvalue weighted by Crippen LogP contribution is -2.40. The van der Waals surface area contributed by atoms with Gasteiger partial charge in [0.05, 0.1) is 5.92 Å². The summed E-state index contributed by atoms with van der Waals surface area (Å²) in [4.78, 5) is 23.4. The van der Waals surface area contributed by atoms with Gasteiger partial charge < -0.3 is 5.32 Å². The van der Waals surface area contributed by atoms with Crippen LogP contribution in [0.2, 0.25) is 0 Å². The molecule has 0 unspecified atom stereocenters. The number of Topliss-reactive ketones (excluding diaryl/α,β-unsaturated/α-hetero) is 1. The van der Waals surface area contributed by atoms with E-state index in [1.165, 1.54) is 25.7 Å². The summed E-state index contributed by atoms with van der Waals surface area (Å²) in [5, 5.41) is 2.78. The van der Waals surface area contributed by atoms with Crippen molar-refractivity contribution in [2.45, 2.75) is 64.2 Å². The smallest absolute Gasteiger partial charge is 0.230 e. The number of unbranched alkanes of at least 4 members (excludes halogenated alkanes) is 6. The molecule has 0 aromatic rings. The topological polar surface area (TPSA) is 46.2 Å². The van der Waals surface area contributed by atoms with Crippen molar-refractivity contribution in [1.82, 2.24) is 5.32 Å². The Morgan fingerprint density at radius 3 is 2.58 bits per heavy atom. The Bertz CT molecular complexity index is 299. The summed E-state index contributed by atoms with van der Waals surface area (Å²) in [6, 6.07) is 0. The quantitative estimate of drug-likeness (QED) is 0.374. The minimum absolute atomic E-state index is 0.0549. The zero-order chi connectivity index (χ0) is 13.9. The molecule has 0 radical (unpaired) electrons. The first-order valence-corrected chi connectivity index (χ1v) is 7.67. The van der Waals surface area contributed by atoms with Crippen molar-refractivity contribution in [3.63, 3.8) is 0 Å². The summed E-state index contributed by atoms with van der Waals surface area (Å²) in [5.74, 6) is -0.272. The zero-order valence-electron chi connectivity index (χ0n) is 12.0. The number of ketones is 1. The van der Waals surface area contributed by atoms with Gasteiger partial charge in [0.25, 0.3) is 0 Å². The molecular weight excluding hydrogens is 238 g/mol. The number of rotatable bonds is 10. The second-order valence-corrected chi connectivity index (χ2v) is 5.40. The van der Waals surface area contributed by atoms with Gasteiger partial charge in [0, 0.05) is 13.0 Å². The molecule has 1 rings (SSSR count). The molecule has 1 saturated heterocycles. The van der Waals surface area contributed by atoms with Crippen molar-refractivity contribution in [3.05, 3.63) is 12.7 Å². The van der Waals surface area contributed by atoms with Gasteiger partial charge in [-0.2, -0.15) is 0 Å². The van der Waals surface area contributed by atoms with Crippen molar-refractivity contribution in [1.29, 1.82) is 0 Å². The Kier molecular flexibility index (Phi) is 8.19. The highest BCUT2D eigenvalue weighted by Crippen LogP contribution is 2.16. The van der Waals surface area contributed by atoms with Crippen molar-refractivity contribution in [2.75, 3.05) is 6.54 Å². The van der Waals surface area contributed by atoms with E-state index in [0.29, 0.717) is 6.42 Å². The Hall–Kier alpha value is -1.12. The zero-order valence-corrected chi connectivity index (χ0v) is 12.0. The molecule has 0 aromatic carbocycles. The number of allylic oxidation sites excluding steroid dienone is 1. The summed E-state index contributed by atoms with van der Waals surface area (Å²) in [7, 11) is 0. The standard InChI is InChI=1S/C16H27NO2/c1-2-3-4-5-6-7-8-9-12-15(18)14-11-10-13-17-16(14)19/h2,14H,1,3-13H2,(H,17,19)/t14-/m0/s1. The monoisotopic (exact) mass is 265 g/mol. The van der Waals surface area contributed by atoms with Crippen molar-refractivity contribution < 1.29 is 9.59 Å². The largest absolute Gasteiger partial charge is 0.355 e. The number of carbonyl (C=O) groups excluding carboxylic acids is 2. The van der Waals surface area contributed by atoms with Crippen LogP contribution in [0.4, 0.5) is 0 Å². The van der Waals surface area contributed by atoms with E-state index in [1.807, 2.05) is 6.08 Å². The summed E-state index contributed by atoms with van der Waals surface area (Å²) in [6.45, 7) is 4.44. The Morgan fingerprint density at radius 2 is 1.89 bits per heavy atom. The molecule has 1 N–H and O–H groups in total. The fraction of sp³-hybridized carbons (Fsp3) is 0.750. The van der Waals surface area contributed by atoms with Crippen LogP contribution in [-0.4, -0.2) is 18.2 Å². The predicted octanol–water partition coefficient (Wildman–Crippen LogP) is 3.39. The van der Waals surface area contributed by atoms with E-state index in [-0.39, 0.29) is 17.6 Å². The van der Waals surface area contributed by atoms with E-state index in [4.69, 9.17) is 0 Å². The summed E-state index contributed by atoms with van der Waals surface area (Å²) >= 11 is 0. The first kappa shape index (κ1) is 15.9. The van der Waals surface area contributed by atoms with Gasteiger partial charge in [-0.1, -0.05) is 31.8 Å². The third kappa shape index (κ3) is 6.55. The molecule has 3 heteroatoms. The predicted molar refractivity (Wildman–Crippen MR) is 77.9 cm³/mol. The molecule has 19 heavy (non-hydrogen) atoms. The maximum atomic E-state index is 11.9. The minimum Gasteiger partial charge on any atom is -0.355 e. The maximum Gasteiger partial charge on any atom is 0.230 e. The van der Waals surface area contributed by atoms with Crippen LogP contribution >= 0.6 is 0 Å². The van der Waals surface area contributed by atoms with Crippen molar-refractivity contribution >= 4 is 11.7 Å². The van der Waals surface area contributed by atoms with Crippen LogP contribution in [0.3, 0.4) is 0 Å². The van der Waals surface area contributed by atoms with E-state index in [0.717, 1.165) is 38.6 Å². The summed E-state index contributed by atoms with van der Waals surface area (Å²) in [6.07, 6.45) is 12.3. The molecule has 0 bridgehead atoms. The van der Waals surface area contributed by atoms with E-state index in [1.54, 1.807) is 0 Å². The average molecular weight is 265 g/mol. The third-order valence-corrected chi connectivity index (χ3v) is 3.76. The summed E-state index contributed by atoms with van der Waals surface area (Å²) in [5.41, 5.74) is 0. The van der Waals surface area contributed by atoms with Crippen LogP contribution < -0.4 is 5.32 Å². The Balaban J connectivity index is 2.01. The molecule has 1 fully saturated rings. The van der Waals surface area contributed by atoms with Crippen LogP contribution in [0.1, 0.15) is 64.2 Å². The number of amides is 1. The van der Waals surface area contributed by atoms with Crippen LogP contribution in [0.25, 0.3) is 0 Å². The number of hydrogen-bond acceptors (Lipinski definition) is 2. The van der Waals surface area contributed by atoms with Crippen molar-refractivity contribution in [2.24, 2.45) is 5.92 Å². The van der Waals surface area contributed by atoms with Gasteiger partial charge in [0.2, 0.25) is 5.91 Å². The van der Waals surface area contributed by atoms with Crippen LogP contribution in [-0.2, 0) is 9.59 Å². The van der Waals surface area contributed by atoms with Gasteiger partial charge in [-0.25, -0.2) is 0 Å². The average Bonchev–Trinajstić information content (AvgIpc) is 2.42.